The lowest BCUT2D eigenvalue weighted by Crippen LogP contribution is -1.96. The third-order valence-corrected chi connectivity index (χ3v) is 5.26. The Morgan fingerprint density at radius 1 is 1.33 bits per heavy atom. The molecule has 0 unspecified atom stereocenters. The van der Waals surface area contributed by atoms with E-state index in [2.05, 4.69) is 26.1 Å². The number of hydrogen-bond acceptors (Lipinski definition) is 6. The summed E-state index contributed by atoms with van der Waals surface area (Å²) in [5, 5.41) is 19.0. The van der Waals surface area contributed by atoms with E-state index >= 15 is 0 Å². The van der Waals surface area contributed by atoms with Gasteiger partial charge >= 0.3 is 5.97 Å². The minimum atomic E-state index is -1.09. The molecule has 0 spiro atoms. The van der Waals surface area contributed by atoms with E-state index in [1.807, 2.05) is 11.4 Å². The number of nitrogens with zero attached hydrogens (tertiary/aromatic N) is 2. The number of aromatic nitrogens is 2. The topological polar surface area (TPSA) is 76.2 Å². The van der Waals surface area contributed by atoms with Crippen molar-refractivity contribution in [3.05, 3.63) is 55.8 Å². The monoisotopic (exact) mass is 426 g/mol. The van der Waals surface area contributed by atoms with Gasteiger partial charge in [0.15, 0.2) is 0 Å². The van der Waals surface area contributed by atoms with Crippen molar-refractivity contribution < 1.29 is 18.7 Å². The lowest BCUT2D eigenvalue weighted by Gasteiger charge is -1.97. The lowest BCUT2D eigenvalue weighted by molar-refractivity contribution is -0.131. The first-order valence-corrected chi connectivity index (χ1v) is 8.96. The first-order chi connectivity index (χ1) is 11.5. The molecule has 0 amide bonds. The number of rotatable bonds is 5. The molecule has 9 heteroatoms. The molecule has 24 heavy (non-hydrogen) atoms. The number of aliphatic carboxylic acids is 1. The fourth-order valence-corrected chi connectivity index (χ4v) is 3.84. The van der Waals surface area contributed by atoms with Gasteiger partial charge in [-0.2, -0.15) is 0 Å². The predicted octanol–water partition coefficient (Wildman–Crippen LogP) is 4.92. The third kappa shape index (κ3) is 4.11. The van der Waals surface area contributed by atoms with Gasteiger partial charge in [-0.25, -0.2) is 9.18 Å². The van der Waals surface area contributed by atoms with Crippen LogP contribution in [0.2, 0.25) is 0 Å². The van der Waals surface area contributed by atoms with Gasteiger partial charge in [-0.3, -0.25) is 0 Å². The van der Waals surface area contributed by atoms with E-state index in [-0.39, 0.29) is 21.8 Å². The molecule has 0 aliphatic carbocycles. The van der Waals surface area contributed by atoms with Crippen molar-refractivity contribution >= 4 is 51.1 Å². The maximum absolute atomic E-state index is 12.9. The van der Waals surface area contributed by atoms with Crippen LogP contribution >= 0.6 is 39.0 Å². The summed E-state index contributed by atoms with van der Waals surface area (Å²) in [4.78, 5) is 12.2. The van der Waals surface area contributed by atoms with Gasteiger partial charge in [-0.05, 0) is 64.1 Å². The summed E-state index contributed by atoms with van der Waals surface area (Å²) in [6, 6.07) is 7.39. The van der Waals surface area contributed by atoms with Crippen LogP contribution in [0, 0.1) is 5.82 Å². The van der Waals surface area contributed by atoms with Gasteiger partial charge in [0.2, 0.25) is 5.89 Å². The van der Waals surface area contributed by atoms with E-state index in [4.69, 9.17) is 4.42 Å². The molecule has 0 aliphatic rings. The lowest BCUT2D eigenvalue weighted by atomic mass is 10.2. The second kappa shape index (κ2) is 7.29. The quantitative estimate of drug-likeness (QED) is 0.460. The highest BCUT2D eigenvalue weighted by atomic mass is 79.9. The smallest absolute Gasteiger partial charge is 0.342 e. The fraction of sp³-hybridized carbons (Fsp3) is 0. The van der Waals surface area contributed by atoms with Gasteiger partial charge in [-0.15, -0.1) is 21.5 Å². The first kappa shape index (κ1) is 16.9. The normalized spacial score (nSPS) is 11.7. The number of thioether (sulfide) groups is 1. The Bertz CT molecular complexity index is 906. The maximum Gasteiger partial charge on any atom is 0.342 e. The van der Waals surface area contributed by atoms with Crippen molar-refractivity contribution in [2.45, 2.75) is 5.22 Å². The number of hydrogen-bond donors (Lipinski definition) is 1. The van der Waals surface area contributed by atoms with Crippen LogP contribution in [0.15, 0.2) is 54.7 Å². The molecule has 0 bridgehead atoms. The Balaban J connectivity index is 1.82. The molecule has 0 fully saturated rings. The van der Waals surface area contributed by atoms with E-state index in [1.54, 1.807) is 0 Å². The summed E-state index contributed by atoms with van der Waals surface area (Å²) in [6.45, 7) is 0. The van der Waals surface area contributed by atoms with E-state index in [1.165, 1.54) is 41.7 Å². The molecule has 3 aromatic rings. The summed E-state index contributed by atoms with van der Waals surface area (Å²) in [5.74, 6) is -1.27. The van der Waals surface area contributed by atoms with Crippen LogP contribution < -0.4 is 0 Å². The third-order valence-electron chi connectivity index (χ3n) is 2.77. The number of carbonyl (C=O) groups is 1. The second-order valence-electron chi connectivity index (χ2n) is 4.46. The van der Waals surface area contributed by atoms with Gasteiger partial charge in [0, 0.05) is 20.3 Å². The standard InChI is InChI=1S/C15H8BrFN2O3S2/c16-9-5-11(23-7-9)6-12(14(20)21)24-15-19-18-13(22-15)8-1-3-10(17)4-2-8/h1-7H,(H,20,21). The Kier molecular flexibility index (Phi) is 5.12. The van der Waals surface area contributed by atoms with Crippen LogP contribution in [0.1, 0.15) is 4.88 Å². The average Bonchev–Trinajstić information content (AvgIpc) is 3.17. The van der Waals surface area contributed by atoms with E-state index < -0.39 is 5.97 Å². The molecule has 3 rings (SSSR count). The molecule has 2 heterocycles. The second-order valence-corrected chi connectivity index (χ2v) is 7.31. The molecule has 0 aliphatic heterocycles. The van der Waals surface area contributed by atoms with E-state index in [9.17, 15) is 14.3 Å². The highest BCUT2D eigenvalue weighted by molar-refractivity contribution is 9.10. The Morgan fingerprint density at radius 3 is 2.71 bits per heavy atom. The van der Waals surface area contributed by atoms with Gasteiger partial charge < -0.3 is 9.52 Å². The highest BCUT2D eigenvalue weighted by Crippen LogP contribution is 2.31. The minimum Gasteiger partial charge on any atom is -0.477 e. The highest BCUT2D eigenvalue weighted by Gasteiger charge is 2.16. The van der Waals surface area contributed by atoms with E-state index in [0.29, 0.717) is 5.56 Å². The van der Waals surface area contributed by atoms with Crippen LogP contribution in [-0.2, 0) is 4.79 Å². The Morgan fingerprint density at radius 2 is 2.08 bits per heavy atom. The SMILES string of the molecule is O=C(O)C(=Cc1cc(Br)cs1)Sc1nnc(-c2ccc(F)cc2)o1. The molecular weight excluding hydrogens is 419 g/mol. The average molecular weight is 427 g/mol. The molecule has 0 saturated heterocycles. The zero-order valence-electron chi connectivity index (χ0n) is 11.8. The zero-order chi connectivity index (χ0) is 17.1. The molecule has 1 aromatic carbocycles. The molecule has 2 aromatic heterocycles. The van der Waals surface area contributed by atoms with Gasteiger partial charge in [-0.1, -0.05) is 0 Å². The number of carboxylic acid groups (broad SMARTS) is 1. The summed E-state index contributed by atoms with van der Waals surface area (Å²) >= 11 is 5.58. The Hall–Kier alpha value is -1.97. The molecule has 122 valence electrons. The molecular formula is C15H8BrFN2O3S2. The van der Waals surface area contributed by atoms with Gasteiger partial charge in [0.25, 0.3) is 5.22 Å². The van der Waals surface area contributed by atoms with Crippen molar-refractivity contribution in [1.29, 1.82) is 0 Å². The maximum atomic E-state index is 12.9. The van der Waals surface area contributed by atoms with Gasteiger partial charge in [0.1, 0.15) is 10.7 Å². The van der Waals surface area contributed by atoms with Crippen LogP contribution in [0.4, 0.5) is 4.39 Å². The minimum absolute atomic E-state index is 0.0543. The molecule has 5 nitrogen and oxygen atoms in total. The number of benzene rings is 1. The van der Waals surface area contributed by atoms with Crippen LogP contribution in [0.3, 0.4) is 0 Å². The molecule has 1 N–H and O–H groups in total. The fourth-order valence-electron chi connectivity index (χ4n) is 1.72. The van der Waals surface area contributed by atoms with Crippen molar-refractivity contribution in [3.63, 3.8) is 0 Å². The predicted molar refractivity (Wildman–Crippen MR) is 93.2 cm³/mol. The molecule has 0 atom stereocenters. The molecule has 0 radical (unpaired) electrons. The number of halogens is 2. The number of carboxylic acids is 1. The van der Waals surface area contributed by atoms with E-state index in [0.717, 1.165) is 21.1 Å². The summed E-state index contributed by atoms with van der Waals surface area (Å²) in [5.41, 5.74) is 0.554. The zero-order valence-corrected chi connectivity index (χ0v) is 15.0. The van der Waals surface area contributed by atoms with Crippen molar-refractivity contribution in [3.8, 4) is 11.5 Å². The van der Waals surface area contributed by atoms with Crippen molar-refractivity contribution in [1.82, 2.24) is 10.2 Å². The van der Waals surface area contributed by atoms with Crippen LogP contribution in [-0.4, -0.2) is 21.3 Å². The number of thiophene rings is 1. The summed E-state index contributed by atoms with van der Waals surface area (Å²) < 4.78 is 19.3. The summed E-state index contributed by atoms with van der Waals surface area (Å²) in [7, 11) is 0. The van der Waals surface area contributed by atoms with Crippen molar-refractivity contribution in [2.75, 3.05) is 0 Å². The van der Waals surface area contributed by atoms with Crippen LogP contribution in [0.25, 0.3) is 17.5 Å². The van der Waals surface area contributed by atoms with Gasteiger partial charge in [0.05, 0.1) is 0 Å². The Labute approximate surface area is 152 Å². The van der Waals surface area contributed by atoms with Crippen LogP contribution in [0.5, 0.6) is 0 Å². The first-order valence-electron chi connectivity index (χ1n) is 6.47. The molecule has 0 saturated carbocycles. The summed E-state index contributed by atoms with van der Waals surface area (Å²) in [6.07, 6.45) is 1.53. The largest absolute Gasteiger partial charge is 0.477 e. The van der Waals surface area contributed by atoms with Crippen molar-refractivity contribution in [2.24, 2.45) is 0 Å².